The summed E-state index contributed by atoms with van der Waals surface area (Å²) in [6.07, 6.45) is 0. The molecule has 1 N–H and O–H groups in total. The van der Waals surface area contributed by atoms with Gasteiger partial charge in [0.1, 0.15) is 5.82 Å². The zero-order valence-electron chi connectivity index (χ0n) is 9.64. The molecule has 3 nitrogen and oxygen atoms in total. The van der Waals surface area contributed by atoms with Gasteiger partial charge in [0, 0.05) is 17.2 Å². The number of halogens is 3. The minimum absolute atomic E-state index is 0.0866. The first kappa shape index (κ1) is 12.3. The average Bonchev–Trinajstić information content (AvgIpc) is 2.32. The number of rotatable bonds is 1. The SMILES string of the molecule is Cc1c(-c2cc(F)c(F)cc2F)n[nH]c(=O)c1C. The van der Waals surface area contributed by atoms with E-state index in [9.17, 15) is 18.0 Å². The number of nitrogens with one attached hydrogen (secondary N) is 1. The Morgan fingerprint density at radius 1 is 1.00 bits per heavy atom. The molecule has 2 aromatic rings. The van der Waals surface area contributed by atoms with Crippen molar-refractivity contribution in [3.8, 4) is 11.3 Å². The number of aromatic nitrogens is 2. The maximum atomic E-state index is 13.6. The summed E-state index contributed by atoms with van der Waals surface area (Å²) in [6.45, 7) is 3.10. The summed E-state index contributed by atoms with van der Waals surface area (Å²) in [6, 6.07) is 1.17. The molecule has 0 aliphatic heterocycles. The van der Waals surface area contributed by atoms with Crippen LogP contribution in [0.5, 0.6) is 0 Å². The molecule has 0 atom stereocenters. The highest BCUT2D eigenvalue weighted by Gasteiger charge is 2.16. The van der Waals surface area contributed by atoms with Crippen molar-refractivity contribution < 1.29 is 13.2 Å². The van der Waals surface area contributed by atoms with Crippen LogP contribution >= 0.6 is 0 Å². The highest BCUT2D eigenvalue weighted by molar-refractivity contribution is 5.64. The quantitative estimate of drug-likeness (QED) is 0.794. The lowest BCUT2D eigenvalue weighted by Crippen LogP contribution is -2.14. The Hall–Kier alpha value is -2.11. The lowest BCUT2D eigenvalue weighted by molar-refractivity contribution is 0.496. The van der Waals surface area contributed by atoms with Crippen molar-refractivity contribution in [2.75, 3.05) is 0 Å². The third-order valence-corrected chi connectivity index (χ3v) is 2.79. The van der Waals surface area contributed by atoms with Crippen molar-refractivity contribution in [3.63, 3.8) is 0 Å². The molecule has 0 aliphatic carbocycles. The first-order chi connectivity index (χ1) is 8.41. The Bertz CT molecular complexity index is 680. The molecular weight excluding hydrogens is 245 g/mol. The van der Waals surface area contributed by atoms with E-state index in [1.807, 2.05) is 0 Å². The second kappa shape index (κ2) is 4.29. The van der Waals surface area contributed by atoms with Crippen LogP contribution < -0.4 is 5.56 Å². The van der Waals surface area contributed by atoms with Gasteiger partial charge in [0.25, 0.3) is 5.56 Å². The van der Waals surface area contributed by atoms with Crippen molar-refractivity contribution in [1.82, 2.24) is 10.2 Å². The summed E-state index contributed by atoms with van der Waals surface area (Å²) in [4.78, 5) is 11.3. The molecule has 0 saturated carbocycles. The average molecular weight is 254 g/mol. The van der Waals surface area contributed by atoms with E-state index in [4.69, 9.17) is 0 Å². The number of hydrogen-bond acceptors (Lipinski definition) is 2. The highest BCUT2D eigenvalue weighted by atomic mass is 19.2. The number of nitrogens with zero attached hydrogens (tertiary/aromatic N) is 1. The van der Waals surface area contributed by atoms with Gasteiger partial charge < -0.3 is 0 Å². The lowest BCUT2D eigenvalue weighted by Gasteiger charge is -2.08. The molecule has 1 aromatic carbocycles. The Morgan fingerprint density at radius 3 is 2.28 bits per heavy atom. The van der Waals surface area contributed by atoms with E-state index in [1.54, 1.807) is 6.92 Å². The van der Waals surface area contributed by atoms with Crippen molar-refractivity contribution in [2.24, 2.45) is 0 Å². The maximum absolute atomic E-state index is 13.6. The molecule has 1 heterocycles. The molecule has 0 radical (unpaired) electrons. The fraction of sp³-hybridized carbons (Fsp3) is 0.167. The van der Waals surface area contributed by atoms with Crippen LogP contribution in [0.1, 0.15) is 11.1 Å². The number of H-pyrrole nitrogens is 1. The van der Waals surface area contributed by atoms with Crippen LogP contribution in [0.2, 0.25) is 0 Å². The van der Waals surface area contributed by atoms with Crippen LogP contribution in [0.4, 0.5) is 13.2 Å². The summed E-state index contributed by atoms with van der Waals surface area (Å²) in [5, 5.41) is 5.85. The number of benzene rings is 1. The van der Waals surface area contributed by atoms with Crippen molar-refractivity contribution in [1.29, 1.82) is 0 Å². The van der Waals surface area contributed by atoms with E-state index >= 15 is 0 Å². The first-order valence-corrected chi connectivity index (χ1v) is 5.12. The maximum Gasteiger partial charge on any atom is 0.267 e. The molecule has 6 heteroatoms. The van der Waals surface area contributed by atoms with E-state index in [1.165, 1.54) is 6.92 Å². The first-order valence-electron chi connectivity index (χ1n) is 5.12. The summed E-state index contributed by atoms with van der Waals surface area (Å²) in [5.74, 6) is -3.37. The molecule has 0 saturated heterocycles. The van der Waals surface area contributed by atoms with Gasteiger partial charge in [-0.3, -0.25) is 4.79 Å². The van der Waals surface area contributed by atoms with E-state index < -0.39 is 23.0 Å². The highest BCUT2D eigenvalue weighted by Crippen LogP contribution is 2.26. The van der Waals surface area contributed by atoms with Crippen LogP contribution in [-0.4, -0.2) is 10.2 Å². The van der Waals surface area contributed by atoms with E-state index in [-0.39, 0.29) is 11.3 Å². The minimum atomic E-state index is -1.27. The van der Waals surface area contributed by atoms with Crippen LogP contribution in [0, 0.1) is 31.3 Å². The van der Waals surface area contributed by atoms with Crippen molar-refractivity contribution in [3.05, 3.63) is 51.1 Å². The predicted octanol–water partition coefficient (Wildman–Crippen LogP) is 2.47. The Kier molecular flexibility index (Phi) is 2.94. The van der Waals surface area contributed by atoms with Crippen molar-refractivity contribution in [2.45, 2.75) is 13.8 Å². The number of hydrogen-bond donors (Lipinski definition) is 1. The summed E-state index contributed by atoms with van der Waals surface area (Å²) in [7, 11) is 0. The van der Waals surface area contributed by atoms with Gasteiger partial charge in [-0.2, -0.15) is 5.10 Å². The molecule has 0 aliphatic rings. The normalized spacial score (nSPS) is 10.7. The van der Waals surface area contributed by atoms with Gasteiger partial charge >= 0.3 is 0 Å². The monoisotopic (exact) mass is 254 g/mol. The third kappa shape index (κ3) is 1.90. The van der Waals surface area contributed by atoms with Gasteiger partial charge in [-0.05, 0) is 25.5 Å². The zero-order chi connectivity index (χ0) is 13.4. The van der Waals surface area contributed by atoms with Gasteiger partial charge in [-0.25, -0.2) is 18.3 Å². The number of aromatic amines is 1. The minimum Gasteiger partial charge on any atom is -0.268 e. The lowest BCUT2D eigenvalue weighted by atomic mass is 10.0. The summed E-state index contributed by atoms with van der Waals surface area (Å²) in [5.41, 5.74) is 0.265. The zero-order valence-corrected chi connectivity index (χ0v) is 9.64. The third-order valence-electron chi connectivity index (χ3n) is 2.79. The van der Waals surface area contributed by atoms with Crippen molar-refractivity contribution >= 4 is 0 Å². The summed E-state index contributed by atoms with van der Waals surface area (Å²) >= 11 is 0. The fourth-order valence-electron chi connectivity index (χ4n) is 1.59. The smallest absolute Gasteiger partial charge is 0.267 e. The molecule has 2 rings (SSSR count). The molecule has 18 heavy (non-hydrogen) atoms. The van der Waals surface area contributed by atoms with E-state index in [0.29, 0.717) is 17.2 Å². The van der Waals surface area contributed by atoms with Crippen LogP contribution in [0.15, 0.2) is 16.9 Å². The van der Waals surface area contributed by atoms with Gasteiger partial charge in [-0.15, -0.1) is 0 Å². The second-order valence-electron chi connectivity index (χ2n) is 3.90. The van der Waals surface area contributed by atoms with Gasteiger partial charge in [0.05, 0.1) is 5.69 Å². The molecule has 0 spiro atoms. The second-order valence-corrected chi connectivity index (χ2v) is 3.90. The molecule has 0 bridgehead atoms. The molecule has 94 valence electrons. The molecule has 0 fully saturated rings. The molecule has 0 amide bonds. The van der Waals surface area contributed by atoms with Gasteiger partial charge in [-0.1, -0.05) is 0 Å². The van der Waals surface area contributed by atoms with Crippen LogP contribution in [-0.2, 0) is 0 Å². The van der Waals surface area contributed by atoms with Gasteiger partial charge in [0.15, 0.2) is 11.6 Å². The Morgan fingerprint density at radius 2 is 1.61 bits per heavy atom. The Balaban J connectivity index is 2.74. The molecule has 0 unspecified atom stereocenters. The van der Waals surface area contributed by atoms with Gasteiger partial charge in [0.2, 0.25) is 0 Å². The molecule has 1 aromatic heterocycles. The standard InChI is InChI=1S/C12H9F3N2O/c1-5-6(2)12(18)17-16-11(5)7-3-9(14)10(15)4-8(7)13/h3-4H,1-2H3,(H,17,18). The Labute approximate surface area is 100 Å². The largest absolute Gasteiger partial charge is 0.268 e. The molecular formula is C12H9F3N2O. The fourth-order valence-corrected chi connectivity index (χ4v) is 1.59. The summed E-state index contributed by atoms with van der Waals surface area (Å²) < 4.78 is 39.5. The van der Waals surface area contributed by atoms with E-state index in [2.05, 4.69) is 10.2 Å². The van der Waals surface area contributed by atoms with Crippen LogP contribution in [0.3, 0.4) is 0 Å². The van der Waals surface area contributed by atoms with E-state index in [0.717, 1.165) is 6.07 Å². The predicted molar refractivity (Wildman–Crippen MR) is 59.6 cm³/mol. The topological polar surface area (TPSA) is 45.8 Å². The van der Waals surface area contributed by atoms with Crippen LogP contribution in [0.25, 0.3) is 11.3 Å².